The Morgan fingerprint density at radius 1 is 1.12 bits per heavy atom. The van der Waals surface area contributed by atoms with E-state index in [1.807, 2.05) is 4.90 Å². The van der Waals surface area contributed by atoms with Gasteiger partial charge in [-0.3, -0.25) is 4.79 Å². The van der Waals surface area contributed by atoms with Crippen LogP contribution < -0.4 is 15.5 Å². The Hall–Kier alpha value is -2.52. The molecule has 0 spiro atoms. The van der Waals surface area contributed by atoms with E-state index < -0.39 is 5.91 Å². The van der Waals surface area contributed by atoms with Gasteiger partial charge in [-0.25, -0.2) is 9.97 Å². The summed E-state index contributed by atoms with van der Waals surface area (Å²) in [7, 11) is 0. The highest BCUT2D eigenvalue weighted by Crippen LogP contribution is 2.30. The number of rotatable bonds is 3. The zero-order chi connectivity index (χ0) is 18.3. The first-order valence-electron chi connectivity index (χ1n) is 8.07. The number of thiophene rings is 1. The number of hydrogen-bond acceptors (Lipinski definition) is 8. The number of carbonyl (C=O) groups is 1. The fraction of sp³-hybridized carbons (Fsp3) is 0.312. The van der Waals surface area contributed by atoms with Crippen LogP contribution in [-0.2, 0) is 0 Å². The molecule has 3 aromatic rings. The second-order valence-electron chi connectivity index (χ2n) is 6.02. The Morgan fingerprint density at radius 2 is 1.81 bits per heavy atom. The molecule has 1 aliphatic heterocycles. The van der Waals surface area contributed by atoms with Gasteiger partial charge in [0.2, 0.25) is 0 Å². The molecule has 10 heteroatoms. The van der Waals surface area contributed by atoms with Gasteiger partial charge in [-0.05, 0) is 19.1 Å². The van der Waals surface area contributed by atoms with Crippen LogP contribution in [0.15, 0.2) is 18.5 Å². The topological polar surface area (TPSA) is 101 Å². The highest BCUT2D eigenvalue weighted by atomic mass is 35.5. The number of aromatic nitrogens is 4. The average Bonchev–Trinajstić information content (AvgIpc) is 3.02. The Labute approximate surface area is 158 Å². The number of halogens is 1. The summed E-state index contributed by atoms with van der Waals surface area (Å²) >= 11 is 7.50. The molecule has 0 aliphatic carbocycles. The second kappa shape index (κ2) is 6.65. The van der Waals surface area contributed by atoms with Gasteiger partial charge < -0.3 is 15.5 Å². The molecule has 0 radical (unpaired) electrons. The van der Waals surface area contributed by atoms with Gasteiger partial charge in [0.25, 0.3) is 5.91 Å². The van der Waals surface area contributed by atoms with Crippen molar-refractivity contribution in [2.24, 2.45) is 5.73 Å². The maximum atomic E-state index is 11.7. The third-order valence-electron chi connectivity index (χ3n) is 4.32. The predicted octanol–water partition coefficient (Wildman–Crippen LogP) is 1.87. The van der Waals surface area contributed by atoms with Crippen LogP contribution in [0.1, 0.15) is 15.2 Å². The quantitative estimate of drug-likeness (QED) is 0.729. The van der Waals surface area contributed by atoms with E-state index >= 15 is 0 Å². The lowest BCUT2D eigenvalue weighted by Gasteiger charge is -2.36. The van der Waals surface area contributed by atoms with Gasteiger partial charge in [0.15, 0.2) is 11.0 Å². The normalized spacial score (nSPS) is 14.8. The Kier molecular flexibility index (Phi) is 4.33. The van der Waals surface area contributed by atoms with Crippen molar-refractivity contribution in [3.63, 3.8) is 0 Å². The van der Waals surface area contributed by atoms with Gasteiger partial charge in [-0.2, -0.15) is 0 Å². The average molecular weight is 390 g/mol. The van der Waals surface area contributed by atoms with Gasteiger partial charge in [0, 0.05) is 31.1 Å². The maximum Gasteiger partial charge on any atom is 0.252 e. The number of nitrogens with two attached hydrogens (primary N) is 1. The molecule has 1 amide bonds. The van der Waals surface area contributed by atoms with Crippen molar-refractivity contribution in [2.75, 3.05) is 36.0 Å². The van der Waals surface area contributed by atoms with Gasteiger partial charge in [-0.1, -0.05) is 11.6 Å². The fourth-order valence-electron chi connectivity index (χ4n) is 3.12. The molecule has 8 nitrogen and oxygen atoms in total. The van der Waals surface area contributed by atoms with Crippen LogP contribution in [0.4, 0.5) is 11.6 Å². The minimum absolute atomic E-state index is 0.150. The van der Waals surface area contributed by atoms with Crippen molar-refractivity contribution in [2.45, 2.75) is 6.92 Å². The van der Waals surface area contributed by atoms with Gasteiger partial charge in [0.1, 0.15) is 17.0 Å². The van der Waals surface area contributed by atoms with Gasteiger partial charge >= 0.3 is 0 Å². The largest absolute Gasteiger partial charge is 0.365 e. The number of fused-ring (bicyclic) bond motifs is 1. The molecule has 26 heavy (non-hydrogen) atoms. The molecular weight excluding hydrogens is 374 g/mol. The number of anilines is 2. The molecule has 1 fully saturated rings. The van der Waals surface area contributed by atoms with Crippen molar-refractivity contribution in [1.29, 1.82) is 0 Å². The number of carbonyl (C=O) groups excluding carboxylic acids is 1. The summed E-state index contributed by atoms with van der Waals surface area (Å²) in [6.07, 6.45) is 1.61. The number of hydrogen-bond donors (Lipinski definition) is 1. The van der Waals surface area contributed by atoms with E-state index in [1.165, 1.54) is 10.9 Å². The van der Waals surface area contributed by atoms with Crippen molar-refractivity contribution in [3.05, 3.63) is 34.1 Å². The van der Waals surface area contributed by atoms with E-state index in [4.69, 9.17) is 17.3 Å². The summed E-state index contributed by atoms with van der Waals surface area (Å²) < 4.78 is 0. The van der Waals surface area contributed by atoms with Crippen LogP contribution in [-0.4, -0.2) is 52.3 Å². The standard InChI is InChI=1S/C16H16ClN7OS/c1-9-6-11-14(19-8-20-16(11)26-9)23-2-4-24(5-3-23)15-10(13(18)25)7-12(17)21-22-15/h6-8H,2-5H2,1H3,(H2,18,25). The summed E-state index contributed by atoms with van der Waals surface area (Å²) in [5.74, 6) is 0.850. The highest BCUT2D eigenvalue weighted by Gasteiger charge is 2.24. The fourth-order valence-corrected chi connectivity index (χ4v) is 4.11. The Bertz CT molecular complexity index is 984. The van der Waals surface area contributed by atoms with Crippen LogP contribution in [0.3, 0.4) is 0 Å². The van der Waals surface area contributed by atoms with Crippen LogP contribution in [0.5, 0.6) is 0 Å². The summed E-state index contributed by atoms with van der Waals surface area (Å²) in [6, 6.07) is 3.58. The molecule has 0 unspecified atom stereocenters. The zero-order valence-electron chi connectivity index (χ0n) is 14.0. The highest BCUT2D eigenvalue weighted by molar-refractivity contribution is 7.18. The van der Waals surface area contributed by atoms with E-state index in [0.29, 0.717) is 18.9 Å². The van der Waals surface area contributed by atoms with E-state index in [1.54, 1.807) is 17.7 Å². The third-order valence-corrected chi connectivity index (χ3v) is 5.46. The first kappa shape index (κ1) is 16.9. The molecule has 0 atom stereocenters. The number of aryl methyl sites for hydroxylation is 1. The van der Waals surface area contributed by atoms with Crippen LogP contribution in [0.2, 0.25) is 5.15 Å². The number of nitrogens with zero attached hydrogens (tertiary/aromatic N) is 6. The summed E-state index contributed by atoms with van der Waals surface area (Å²) in [4.78, 5) is 26.9. The SMILES string of the molecule is Cc1cc2c(N3CCN(c4nnc(Cl)cc4C(N)=O)CC3)ncnc2s1. The summed E-state index contributed by atoms with van der Waals surface area (Å²) in [5.41, 5.74) is 5.74. The smallest absolute Gasteiger partial charge is 0.252 e. The lowest BCUT2D eigenvalue weighted by molar-refractivity contribution is 0.1000. The zero-order valence-corrected chi connectivity index (χ0v) is 15.6. The molecule has 134 valence electrons. The van der Waals surface area contributed by atoms with Gasteiger partial charge in [-0.15, -0.1) is 21.5 Å². The minimum atomic E-state index is -0.564. The van der Waals surface area contributed by atoms with Crippen LogP contribution >= 0.6 is 22.9 Å². The van der Waals surface area contributed by atoms with Gasteiger partial charge in [0.05, 0.1) is 10.9 Å². The van der Waals surface area contributed by atoms with E-state index in [2.05, 4.69) is 38.1 Å². The van der Waals surface area contributed by atoms with E-state index in [-0.39, 0.29) is 10.7 Å². The van der Waals surface area contributed by atoms with Crippen molar-refractivity contribution < 1.29 is 4.79 Å². The molecule has 2 N–H and O–H groups in total. The van der Waals surface area contributed by atoms with E-state index in [9.17, 15) is 4.79 Å². The van der Waals surface area contributed by atoms with Crippen LogP contribution in [0.25, 0.3) is 10.2 Å². The lowest BCUT2D eigenvalue weighted by Crippen LogP contribution is -2.47. The molecule has 4 heterocycles. The summed E-state index contributed by atoms with van der Waals surface area (Å²) in [5, 5.41) is 9.15. The molecule has 0 bridgehead atoms. The first-order chi connectivity index (χ1) is 12.5. The number of primary amides is 1. The lowest BCUT2D eigenvalue weighted by atomic mass is 10.2. The molecule has 3 aromatic heterocycles. The van der Waals surface area contributed by atoms with Crippen LogP contribution in [0, 0.1) is 6.92 Å². The summed E-state index contributed by atoms with van der Waals surface area (Å²) in [6.45, 7) is 4.89. The molecule has 0 saturated carbocycles. The maximum absolute atomic E-state index is 11.7. The third kappa shape index (κ3) is 3.04. The van der Waals surface area contributed by atoms with E-state index in [0.717, 1.165) is 29.1 Å². The van der Waals surface area contributed by atoms with Crippen molar-refractivity contribution in [1.82, 2.24) is 20.2 Å². The van der Waals surface area contributed by atoms with Crippen molar-refractivity contribution >= 4 is 50.7 Å². The molecule has 1 aliphatic rings. The Balaban J connectivity index is 1.57. The van der Waals surface area contributed by atoms with Crippen molar-refractivity contribution in [3.8, 4) is 0 Å². The molecule has 1 saturated heterocycles. The number of amides is 1. The second-order valence-corrected chi connectivity index (χ2v) is 7.64. The molecular formula is C16H16ClN7OS. The monoisotopic (exact) mass is 389 g/mol. The first-order valence-corrected chi connectivity index (χ1v) is 9.26. The molecule has 4 rings (SSSR count). The Morgan fingerprint density at radius 3 is 2.50 bits per heavy atom. The minimum Gasteiger partial charge on any atom is -0.365 e. The number of piperazine rings is 1. The predicted molar refractivity (Wildman–Crippen MR) is 102 cm³/mol. The molecule has 0 aromatic carbocycles.